The SMILES string of the molecule is COC(=O)C1=C(CN2CC(=O)N(CCc3ccccc3)C(=O)C2)NC(=O)N[C@@H]1c1cccc(Cl)c1. The number of amides is 4. The highest BCUT2D eigenvalue weighted by atomic mass is 35.5. The summed E-state index contributed by atoms with van der Waals surface area (Å²) < 4.78 is 4.98. The van der Waals surface area contributed by atoms with E-state index in [1.807, 2.05) is 30.3 Å². The van der Waals surface area contributed by atoms with Crippen molar-refractivity contribution >= 4 is 35.4 Å². The number of carbonyl (C=O) groups is 4. The third kappa shape index (κ3) is 5.70. The molecule has 2 aromatic rings. The number of hydrogen-bond acceptors (Lipinski definition) is 6. The fraction of sp³-hybridized carbons (Fsp3) is 0.280. The van der Waals surface area contributed by atoms with Gasteiger partial charge in [-0.2, -0.15) is 0 Å². The van der Waals surface area contributed by atoms with E-state index in [-0.39, 0.29) is 42.7 Å². The molecule has 0 saturated carbocycles. The first-order valence-electron chi connectivity index (χ1n) is 11.1. The van der Waals surface area contributed by atoms with Gasteiger partial charge in [-0.05, 0) is 29.7 Å². The minimum Gasteiger partial charge on any atom is -0.466 e. The summed E-state index contributed by atoms with van der Waals surface area (Å²) in [6.45, 7) is 0.259. The van der Waals surface area contributed by atoms with E-state index in [0.717, 1.165) is 5.56 Å². The first kappa shape index (κ1) is 24.4. The molecule has 2 N–H and O–H groups in total. The molecule has 0 bridgehead atoms. The summed E-state index contributed by atoms with van der Waals surface area (Å²) in [5.41, 5.74) is 2.08. The van der Waals surface area contributed by atoms with Gasteiger partial charge in [0.2, 0.25) is 11.8 Å². The number of rotatable bonds is 7. The highest BCUT2D eigenvalue weighted by Gasteiger charge is 2.36. The molecule has 2 aliphatic rings. The molecule has 10 heteroatoms. The molecule has 4 rings (SSSR count). The first-order valence-corrected chi connectivity index (χ1v) is 11.5. The van der Waals surface area contributed by atoms with Crippen LogP contribution < -0.4 is 10.6 Å². The molecule has 182 valence electrons. The van der Waals surface area contributed by atoms with Gasteiger partial charge in [0.25, 0.3) is 0 Å². The van der Waals surface area contributed by atoms with Gasteiger partial charge in [0.15, 0.2) is 0 Å². The van der Waals surface area contributed by atoms with Crippen LogP contribution in [-0.2, 0) is 25.5 Å². The average molecular weight is 497 g/mol. The maximum atomic E-state index is 12.8. The maximum absolute atomic E-state index is 12.8. The molecule has 0 aliphatic carbocycles. The third-order valence-electron chi connectivity index (χ3n) is 5.91. The van der Waals surface area contributed by atoms with Crippen LogP contribution >= 0.6 is 11.6 Å². The summed E-state index contributed by atoms with van der Waals surface area (Å²) in [4.78, 5) is 53.6. The molecule has 2 aliphatic heterocycles. The van der Waals surface area contributed by atoms with E-state index in [9.17, 15) is 19.2 Å². The summed E-state index contributed by atoms with van der Waals surface area (Å²) >= 11 is 6.12. The first-order chi connectivity index (χ1) is 16.9. The quantitative estimate of drug-likeness (QED) is 0.448. The molecule has 1 atom stereocenters. The molecule has 1 saturated heterocycles. The molecule has 9 nitrogen and oxygen atoms in total. The Morgan fingerprint density at radius 2 is 1.77 bits per heavy atom. The van der Waals surface area contributed by atoms with Crippen LogP contribution in [0, 0.1) is 0 Å². The summed E-state index contributed by atoms with van der Waals surface area (Å²) in [7, 11) is 1.25. The van der Waals surface area contributed by atoms with Gasteiger partial charge in [-0.15, -0.1) is 0 Å². The number of ether oxygens (including phenoxy) is 1. The van der Waals surface area contributed by atoms with Gasteiger partial charge < -0.3 is 15.4 Å². The monoisotopic (exact) mass is 496 g/mol. The van der Waals surface area contributed by atoms with Crippen LogP contribution in [-0.4, -0.2) is 66.9 Å². The topological polar surface area (TPSA) is 108 Å². The van der Waals surface area contributed by atoms with Crippen molar-refractivity contribution in [3.8, 4) is 0 Å². The zero-order valence-electron chi connectivity index (χ0n) is 19.1. The Labute approximate surface area is 207 Å². The maximum Gasteiger partial charge on any atom is 0.338 e. The second-order valence-corrected chi connectivity index (χ2v) is 8.73. The highest BCUT2D eigenvalue weighted by Crippen LogP contribution is 2.29. The standard InChI is InChI=1S/C25H25ClN4O5/c1-35-24(33)22-19(27-25(34)28-23(22)17-8-5-9-18(26)12-17)13-29-14-20(31)30(21(32)15-29)11-10-16-6-3-2-4-7-16/h2-9,12,23H,10-11,13-15H2,1H3,(H2,27,28,34)/t23-/m1/s1. The van der Waals surface area contributed by atoms with Gasteiger partial charge in [-0.25, -0.2) is 9.59 Å². The van der Waals surface area contributed by atoms with Gasteiger partial charge in [0.05, 0.1) is 31.8 Å². The summed E-state index contributed by atoms with van der Waals surface area (Å²) in [5, 5.41) is 5.82. The number of urea groups is 1. The van der Waals surface area contributed by atoms with E-state index < -0.39 is 18.0 Å². The van der Waals surface area contributed by atoms with Crippen LogP contribution in [0.4, 0.5) is 4.79 Å². The summed E-state index contributed by atoms with van der Waals surface area (Å²) in [6, 6.07) is 15.1. The van der Waals surface area contributed by atoms with Gasteiger partial charge >= 0.3 is 12.0 Å². The Balaban J connectivity index is 1.53. The largest absolute Gasteiger partial charge is 0.466 e. The third-order valence-corrected chi connectivity index (χ3v) is 6.14. The second kappa shape index (κ2) is 10.7. The van der Waals surface area contributed by atoms with Crippen LogP contribution in [0.15, 0.2) is 65.9 Å². The average Bonchev–Trinajstić information content (AvgIpc) is 2.83. The zero-order chi connectivity index (χ0) is 24.9. The number of halogens is 1. The van der Waals surface area contributed by atoms with Crippen molar-refractivity contribution in [2.45, 2.75) is 12.5 Å². The Morgan fingerprint density at radius 3 is 2.43 bits per heavy atom. The number of nitrogens with one attached hydrogen (secondary N) is 2. The number of methoxy groups -OCH3 is 1. The van der Waals surface area contributed by atoms with Crippen LogP contribution in [0.1, 0.15) is 17.2 Å². The van der Waals surface area contributed by atoms with Crippen molar-refractivity contribution in [3.05, 3.63) is 82.0 Å². The molecular formula is C25H25ClN4O5. The molecule has 0 spiro atoms. The zero-order valence-corrected chi connectivity index (χ0v) is 19.9. The van der Waals surface area contributed by atoms with E-state index in [2.05, 4.69) is 10.6 Å². The van der Waals surface area contributed by atoms with Gasteiger partial charge in [-0.3, -0.25) is 19.4 Å². The number of carbonyl (C=O) groups excluding carboxylic acids is 4. The lowest BCUT2D eigenvalue weighted by Crippen LogP contribution is -2.56. The van der Waals surface area contributed by atoms with Crippen molar-refractivity contribution in [2.24, 2.45) is 0 Å². The van der Waals surface area contributed by atoms with Gasteiger partial charge in [0, 0.05) is 23.8 Å². The predicted molar refractivity (Wildman–Crippen MR) is 128 cm³/mol. The molecule has 0 radical (unpaired) electrons. The fourth-order valence-corrected chi connectivity index (χ4v) is 4.45. The van der Waals surface area contributed by atoms with Gasteiger partial charge in [0.1, 0.15) is 0 Å². The number of esters is 1. The number of imide groups is 1. The number of benzene rings is 2. The summed E-state index contributed by atoms with van der Waals surface area (Å²) in [6.07, 6.45) is 0.568. The van der Waals surface area contributed by atoms with Crippen molar-refractivity contribution in [2.75, 3.05) is 33.3 Å². The van der Waals surface area contributed by atoms with E-state index in [4.69, 9.17) is 16.3 Å². The van der Waals surface area contributed by atoms with Crippen molar-refractivity contribution in [1.82, 2.24) is 20.4 Å². The Kier molecular flexibility index (Phi) is 7.48. The van der Waals surface area contributed by atoms with Crippen molar-refractivity contribution in [1.29, 1.82) is 0 Å². The molecule has 4 amide bonds. The Bertz CT molecular complexity index is 1170. The van der Waals surface area contributed by atoms with Crippen LogP contribution in [0.2, 0.25) is 5.02 Å². The lowest BCUT2D eigenvalue weighted by atomic mass is 9.95. The van der Waals surface area contributed by atoms with Crippen LogP contribution in [0.5, 0.6) is 0 Å². The molecule has 2 aromatic carbocycles. The predicted octanol–water partition coefficient (Wildman–Crippen LogP) is 2.03. The highest BCUT2D eigenvalue weighted by molar-refractivity contribution is 6.30. The minimum atomic E-state index is -0.802. The van der Waals surface area contributed by atoms with Crippen LogP contribution in [0.3, 0.4) is 0 Å². The normalized spacial score (nSPS) is 18.9. The number of nitrogens with zero attached hydrogens (tertiary/aromatic N) is 2. The molecule has 0 aromatic heterocycles. The summed E-state index contributed by atoms with van der Waals surface area (Å²) in [5.74, 6) is -1.30. The molecule has 0 unspecified atom stereocenters. The molecule has 35 heavy (non-hydrogen) atoms. The van der Waals surface area contributed by atoms with E-state index in [1.165, 1.54) is 12.0 Å². The lowest BCUT2D eigenvalue weighted by Gasteiger charge is -2.35. The Morgan fingerprint density at radius 1 is 1.06 bits per heavy atom. The van der Waals surface area contributed by atoms with E-state index in [1.54, 1.807) is 29.2 Å². The molecule has 1 fully saturated rings. The molecular weight excluding hydrogens is 472 g/mol. The minimum absolute atomic E-state index is 0.0128. The second-order valence-electron chi connectivity index (χ2n) is 8.29. The van der Waals surface area contributed by atoms with Crippen LogP contribution in [0.25, 0.3) is 0 Å². The fourth-order valence-electron chi connectivity index (χ4n) is 4.25. The van der Waals surface area contributed by atoms with E-state index >= 15 is 0 Å². The van der Waals surface area contributed by atoms with Gasteiger partial charge in [-0.1, -0.05) is 54.1 Å². The van der Waals surface area contributed by atoms with E-state index in [0.29, 0.717) is 23.6 Å². The molecule has 2 heterocycles. The lowest BCUT2D eigenvalue weighted by molar-refractivity contribution is -0.151. The Hall–Kier alpha value is -3.69. The van der Waals surface area contributed by atoms with Crippen molar-refractivity contribution < 1.29 is 23.9 Å². The smallest absolute Gasteiger partial charge is 0.338 e. The number of hydrogen-bond donors (Lipinski definition) is 2. The van der Waals surface area contributed by atoms with Crippen molar-refractivity contribution in [3.63, 3.8) is 0 Å². The number of piperazine rings is 1.